The van der Waals surface area contributed by atoms with Gasteiger partial charge in [0.25, 0.3) is 5.91 Å². The summed E-state index contributed by atoms with van der Waals surface area (Å²) >= 11 is 2.97. The van der Waals surface area contributed by atoms with Crippen LogP contribution in [0.5, 0.6) is 0 Å². The molecule has 1 aliphatic carbocycles. The third-order valence-electron chi connectivity index (χ3n) is 3.16. The molecule has 0 spiro atoms. The molecule has 1 saturated carbocycles. The predicted molar refractivity (Wildman–Crippen MR) is 78.3 cm³/mol. The van der Waals surface area contributed by atoms with Crippen molar-refractivity contribution in [3.63, 3.8) is 0 Å². The van der Waals surface area contributed by atoms with Gasteiger partial charge in [-0.1, -0.05) is 6.92 Å². The topological polar surface area (TPSA) is 66.4 Å². The van der Waals surface area contributed by atoms with Crippen LogP contribution in [0.2, 0.25) is 0 Å². The van der Waals surface area contributed by atoms with Crippen LogP contribution in [0.3, 0.4) is 0 Å². The fourth-order valence-electron chi connectivity index (χ4n) is 2.29. The smallest absolute Gasteiger partial charge is 0.345 e. The number of thiophene rings is 1. The van der Waals surface area contributed by atoms with E-state index in [1.165, 1.54) is 6.07 Å². The number of hydrogen-bond acceptors (Lipinski definition) is 4. The van der Waals surface area contributed by atoms with Crippen LogP contribution in [-0.4, -0.2) is 34.0 Å². The summed E-state index contributed by atoms with van der Waals surface area (Å²) in [5, 5.41) is 12.5. The molecule has 0 radical (unpaired) electrons. The maximum absolute atomic E-state index is 12.0. The molecule has 0 aliphatic heterocycles. The molecule has 19 heavy (non-hydrogen) atoms. The molecule has 2 rings (SSSR count). The van der Waals surface area contributed by atoms with Crippen molar-refractivity contribution in [2.24, 2.45) is 0 Å². The van der Waals surface area contributed by atoms with Gasteiger partial charge in [-0.25, -0.2) is 4.79 Å². The van der Waals surface area contributed by atoms with Gasteiger partial charge in [-0.05, 0) is 37.1 Å². The third-order valence-corrected chi connectivity index (χ3v) is 5.47. The number of rotatable bonds is 5. The first-order chi connectivity index (χ1) is 9.10. The Morgan fingerprint density at radius 2 is 2.16 bits per heavy atom. The zero-order valence-corrected chi connectivity index (χ0v) is 12.4. The summed E-state index contributed by atoms with van der Waals surface area (Å²) in [6.45, 7) is 2.15. The van der Waals surface area contributed by atoms with Crippen LogP contribution in [0.15, 0.2) is 12.1 Å². The van der Waals surface area contributed by atoms with E-state index in [9.17, 15) is 9.59 Å². The highest BCUT2D eigenvalue weighted by Gasteiger charge is 2.26. The van der Waals surface area contributed by atoms with Gasteiger partial charge in [0.1, 0.15) is 4.88 Å². The summed E-state index contributed by atoms with van der Waals surface area (Å²) < 4.78 is 0. The van der Waals surface area contributed by atoms with Gasteiger partial charge in [0, 0.05) is 11.3 Å². The van der Waals surface area contributed by atoms with Gasteiger partial charge in [-0.3, -0.25) is 4.79 Å². The van der Waals surface area contributed by atoms with E-state index in [-0.39, 0.29) is 16.8 Å². The molecule has 6 heteroatoms. The Bertz CT molecular complexity index is 472. The summed E-state index contributed by atoms with van der Waals surface area (Å²) in [7, 11) is 0. The second kappa shape index (κ2) is 6.43. The van der Waals surface area contributed by atoms with Gasteiger partial charge in [-0.2, -0.15) is 11.8 Å². The zero-order chi connectivity index (χ0) is 13.8. The van der Waals surface area contributed by atoms with Crippen LogP contribution in [0.4, 0.5) is 0 Å². The first-order valence-corrected chi connectivity index (χ1v) is 8.22. The van der Waals surface area contributed by atoms with Gasteiger partial charge in [0.15, 0.2) is 0 Å². The Kier molecular flexibility index (Phi) is 4.87. The predicted octanol–water partition coefficient (Wildman–Crippen LogP) is 2.85. The lowest BCUT2D eigenvalue weighted by Crippen LogP contribution is -2.32. The minimum atomic E-state index is -0.982. The highest BCUT2D eigenvalue weighted by molar-refractivity contribution is 7.99. The molecule has 1 heterocycles. The lowest BCUT2D eigenvalue weighted by Gasteiger charge is -2.12. The van der Waals surface area contributed by atoms with E-state index in [2.05, 4.69) is 12.2 Å². The molecule has 1 aromatic rings. The van der Waals surface area contributed by atoms with Crippen molar-refractivity contribution in [1.29, 1.82) is 0 Å². The van der Waals surface area contributed by atoms with Crippen molar-refractivity contribution < 1.29 is 14.7 Å². The second-order valence-electron chi connectivity index (χ2n) is 4.53. The standard InChI is InChI=1S/C13H17NO3S2/c1-2-18-9-4-3-8(7-9)14-12(15)10-5-6-11(19-10)13(16)17/h5-6,8-9H,2-4,7H2,1H3,(H,14,15)(H,16,17). The van der Waals surface area contributed by atoms with Crippen molar-refractivity contribution >= 4 is 35.0 Å². The van der Waals surface area contributed by atoms with Gasteiger partial charge in [0.2, 0.25) is 0 Å². The largest absolute Gasteiger partial charge is 0.477 e. The Labute approximate surface area is 120 Å². The Morgan fingerprint density at radius 3 is 2.79 bits per heavy atom. The maximum Gasteiger partial charge on any atom is 0.345 e. The van der Waals surface area contributed by atoms with Gasteiger partial charge < -0.3 is 10.4 Å². The number of aromatic carboxylic acids is 1. The SMILES string of the molecule is CCSC1CCC(NC(=O)c2ccc(C(=O)O)s2)C1. The number of carbonyl (C=O) groups is 2. The van der Waals surface area contributed by atoms with Crippen molar-refractivity contribution in [3.05, 3.63) is 21.9 Å². The van der Waals surface area contributed by atoms with Gasteiger partial charge in [-0.15, -0.1) is 11.3 Å². The summed E-state index contributed by atoms with van der Waals surface area (Å²) in [5.41, 5.74) is 0. The molecule has 2 N–H and O–H groups in total. The summed E-state index contributed by atoms with van der Waals surface area (Å²) in [4.78, 5) is 23.5. The highest BCUT2D eigenvalue weighted by Crippen LogP contribution is 2.30. The molecule has 1 aliphatic rings. The number of nitrogens with one attached hydrogen (secondary N) is 1. The minimum Gasteiger partial charge on any atom is -0.477 e. The van der Waals surface area contributed by atoms with E-state index in [0.29, 0.717) is 10.1 Å². The highest BCUT2D eigenvalue weighted by atomic mass is 32.2. The van der Waals surface area contributed by atoms with E-state index in [1.54, 1.807) is 6.07 Å². The molecule has 2 unspecified atom stereocenters. The molecule has 1 fully saturated rings. The molecule has 1 amide bonds. The number of carboxylic acid groups (broad SMARTS) is 1. The first-order valence-electron chi connectivity index (χ1n) is 6.35. The summed E-state index contributed by atoms with van der Waals surface area (Å²) in [6.07, 6.45) is 3.18. The first kappa shape index (κ1) is 14.4. The van der Waals surface area contributed by atoms with Crippen molar-refractivity contribution in [1.82, 2.24) is 5.32 Å². The van der Waals surface area contributed by atoms with Crippen molar-refractivity contribution in [2.75, 3.05) is 5.75 Å². The normalized spacial score (nSPS) is 22.4. The quantitative estimate of drug-likeness (QED) is 0.877. The average Bonchev–Trinajstić information content (AvgIpc) is 2.98. The molecule has 1 aromatic heterocycles. The van der Waals surface area contributed by atoms with E-state index in [0.717, 1.165) is 36.4 Å². The van der Waals surface area contributed by atoms with E-state index in [4.69, 9.17) is 5.11 Å². The minimum absolute atomic E-state index is 0.148. The Morgan fingerprint density at radius 1 is 1.42 bits per heavy atom. The molecule has 104 valence electrons. The number of amides is 1. The van der Waals surface area contributed by atoms with Crippen LogP contribution in [0.25, 0.3) is 0 Å². The number of carboxylic acids is 1. The molecule has 0 aromatic carbocycles. The average molecular weight is 299 g/mol. The number of thioether (sulfide) groups is 1. The fraction of sp³-hybridized carbons (Fsp3) is 0.538. The van der Waals surface area contributed by atoms with Crippen molar-refractivity contribution in [3.8, 4) is 0 Å². The van der Waals surface area contributed by atoms with Crippen LogP contribution in [0.1, 0.15) is 45.5 Å². The fourth-order valence-corrected chi connectivity index (χ4v) is 4.18. The maximum atomic E-state index is 12.0. The summed E-state index contributed by atoms with van der Waals surface area (Å²) in [5.74, 6) is -0.0212. The molecular weight excluding hydrogens is 282 g/mol. The lowest BCUT2D eigenvalue weighted by molar-refractivity contribution is 0.0702. The van der Waals surface area contributed by atoms with E-state index in [1.807, 2.05) is 11.8 Å². The summed E-state index contributed by atoms with van der Waals surface area (Å²) in [6, 6.07) is 3.29. The lowest BCUT2D eigenvalue weighted by atomic mass is 10.2. The molecule has 0 bridgehead atoms. The monoisotopic (exact) mass is 299 g/mol. The molecule has 2 atom stereocenters. The van der Waals surface area contributed by atoms with Crippen LogP contribution in [-0.2, 0) is 0 Å². The van der Waals surface area contributed by atoms with Crippen molar-refractivity contribution in [2.45, 2.75) is 37.5 Å². The molecule has 4 nitrogen and oxygen atoms in total. The second-order valence-corrected chi connectivity index (χ2v) is 7.19. The number of carbonyl (C=O) groups excluding carboxylic acids is 1. The Balaban J connectivity index is 1.89. The molecule has 0 saturated heterocycles. The molecular formula is C13H17NO3S2. The number of hydrogen-bond donors (Lipinski definition) is 2. The van der Waals surface area contributed by atoms with Gasteiger partial charge in [0.05, 0.1) is 4.88 Å². The Hall–Kier alpha value is -1.01. The zero-order valence-electron chi connectivity index (χ0n) is 10.7. The van der Waals surface area contributed by atoms with Crippen LogP contribution < -0.4 is 5.32 Å². The van der Waals surface area contributed by atoms with E-state index < -0.39 is 5.97 Å². The third kappa shape index (κ3) is 3.73. The van der Waals surface area contributed by atoms with Crippen LogP contribution >= 0.6 is 23.1 Å². The van der Waals surface area contributed by atoms with Crippen LogP contribution in [0, 0.1) is 0 Å². The van der Waals surface area contributed by atoms with E-state index >= 15 is 0 Å². The van der Waals surface area contributed by atoms with Gasteiger partial charge >= 0.3 is 5.97 Å².